The molecule has 0 aromatic carbocycles. The van der Waals surface area contributed by atoms with Crippen LogP contribution in [0.1, 0.15) is 32.0 Å². The summed E-state index contributed by atoms with van der Waals surface area (Å²) in [6, 6.07) is 3.97. The normalized spacial score (nSPS) is 18.5. The molecule has 0 spiro atoms. The van der Waals surface area contributed by atoms with Crippen molar-refractivity contribution in [1.29, 1.82) is 0 Å². The number of aromatic nitrogens is 4. The number of ether oxygens (including phenoxy) is 1. The molecule has 0 unspecified atom stereocenters. The molecule has 0 aliphatic carbocycles. The van der Waals surface area contributed by atoms with Crippen molar-refractivity contribution in [3.63, 3.8) is 0 Å². The number of fused-ring (bicyclic) bond motifs is 1. The summed E-state index contributed by atoms with van der Waals surface area (Å²) in [5, 5.41) is 7.20. The number of morpholine rings is 1. The molecule has 1 fully saturated rings. The Morgan fingerprint density at radius 1 is 1.34 bits per heavy atom. The van der Waals surface area contributed by atoms with Gasteiger partial charge in [-0.2, -0.15) is 9.47 Å². The van der Waals surface area contributed by atoms with Gasteiger partial charge >= 0.3 is 0 Å². The molecule has 156 valence electrons. The second-order valence-corrected chi connectivity index (χ2v) is 11.4. The lowest BCUT2D eigenvalue weighted by molar-refractivity contribution is 0.0985. The van der Waals surface area contributed by atoms with Gasteiger partial charge in [0.25, 0.3) is 0 Å². The number of hydrogen-bond acceptors (Lipinski definition) is 8. The molecule has 0 amide bonds. The lowest BCUT2D eigenvalue weighted by atomic mass is 10.0. The van der Waals surface area contributed by atoms with Gasteiger partial charge in [0.2, 0.25) is 0 Å². The summed E-state index contributed by atoms with van der Waals surface area (Å²) in [6.45, 7) is 9.39. The topological polar surface area (TPSA) is 101 Å². The molecule has 1 saturated heterocycles. The zero-order chi connectivity index (χ0) is 21.0. The molecule has 10 heteroatoms. The molecular formula is C19H25N5O3S2. The number of nitrogens with zero attached hydrogens (tertiary/aromatic N) is 4. The standard InChI is InChI=1S/C19H25N5O3S2/c1-11-8-14(22-21-11)16-17-18(28-23-16)13(19(3,4)29(5,25)26)9-15(20-17)24-6-7-27-10-12(24)2/h8-9,12H,6-7,10H2,1-5H3,(H,21,22)/t12-/m1/s1. The van der Waals surface area contributed by atoms with Crippen molar-refractivity contribution in [2.75, 3.05) is 30.9 Å². The quantitative estimate of drug-likeness (QED) is 0.672. The Balaban J connectivity index is 1.99. The number of pyridine rings is 1. The van der Waals surface area contributed by atoms with E-state index < -0.39 is 14.6 Å². The van der Waals surface area contributed by atoms with E-state index in [0.717, 1.165) is 27.5 Å². The third-order valence-electron chi connectivity index (χ3n) is 5.61. The SMILES string of the molecule is Cc1cc(-c2nsc3c(C(C)(C)S(C)(=O)=O)cc(N4CCOC[C@H]4C)nc23)[nH]n1. The zero-order valence-corrected chi connectivity index (χ0v) is 18.8. The highest BCUT2D eigenvalue weighted by molar-refractivity contribution is 7.91. The van der Waals surface area contributed by atoms with Gasteiger partial charge in [-0.25, -0.2) is 13.4 Å². The van der Waals surface area contributed by atoms with Crippen molar-refractivity contribution >= 4 is 37.4 Å². The molecule has 29 heavy (non-hydrogen) atoms. The Bertz CT molecular complexity index is 1170. The molecule has 1 atom stereocenters. The van der Waals surface area contributed by atoms with Crippen molar-refractivity contribution < 1.29 is 13.2 Å². The average molecular weight is 436 g/mol. The van der Waals surface area contributed by atoms with E-state index >= 15 is 0 Å². The molecule has 1 aliphatic rings. The number of hydrogen-bond donors (Lipinski definition) is 1. The summed E-state index contributed by atoms with van der Waals surface area (Å²) in [7, 11) is -3.37. The Labute approximate surface area is 174 Å². The number of aryl methyl sites for hydroxylation is 1. The molecule has 3 aromatic heterocycles. The summed E-state index contributed by atoms with van der Waals surface area (Å²) in [5.74, 6) is 0.748. The van der Waals surface area contributed by atoms with Crippen LogP contribution >= 0.6 is 11.5 Å². The average Bonchev–Trinajstić information content (AvgIpc) is 3.26. The van der Waals surface area contributed by atoms with Gasteiger partial charge in [-0.05, 0) is 56.9 Å². The summed E-state index contributed by atoms with van der Waals surface area (Å²) in [5.41, 5.74) is 3.74. The maximum absolute atomic E-state index is 12.6. The molecule has 4 rings (SSSR count). The summed E-state index contributed by atoms with van der Waals surface area (Å²) in [4.78, 5) is 7.10. The second kappa shape index (κ2) is 7.03. The van der Waals surface area contributed by atoms with Gasteiger partial charge in [-0.1, -0.05) is 0 Å². The number of sulfone groups is 1. The first kappa shape index (κ1) is 20.2. The maximum atomic E-state index is 12.6. The molecule has 0 saturated carbocycles. The first-order chi connectivity index (χ1) is 13.6. The molecule has 4 heterocycles. The van der Waals surface area contributed by atoms with Gasteiger partial charge < -0.3 is 9.64 Å². The number of H-pyrrole nitrogens is 1. The molecular weight excluding hydrogens is 410 g/mol. The van der Waals surface area contributed by atoms with Crippen LogP contribution < -0.4 is 4.90 Å². The predicted molar refractivity (Wildman–Crippen MR) is 115 cm³/mol. The van der Waals surface area contributed by atoms with E-state index in [1.54, 1.807) is 13.8 Å². The molecule has 3 aromatic rings. The summed E-state index contributed by atoms with van der Waals surface area (Å²) < 4.78 is 35.2. The molecule has 0 bridgehead atoms. The third-order valence-corrected chi connectivity index (χ3v) is 8.55. The van der Waals surface area contributed by atoms with E-state index in [9.17, 15) is 8.42 Å². The fourth-order valence-electron chi connectivity index (χ4n) is 3.49. The van der Waals surface area contributed by atoms with Gasteiger partial charge in [0.05, 0.1) is 40.1 Å². The number of nitrogens with one attached hydrogen (secondary N) is 1. The largest absolute Gasteiger partial charge is 0.377 e. The maximum Gasteiger partial charge on any atom is 0.156 e. The van der Waals surface area contributed by atoms with Crippen LogP contribution in [0.4, 0.5) is 5.82 Å². The highest BCUT2D eigenvalue weighted by atomic mass is 32.2. The van der Waals surface area contributed by atoms with Crippen molar-refractivity contribution in [2.24, 2.45) is 0 Å². The van der Waals surface area contributed by atoms with Crippen molar-refractivity contribution in [1.82, 2.24) is 19.6 Å². The molecule has 1 N–H and O–H groups in total. The van der Waals surface area contributed by atoms with Gasteiger partial charge in [0.1, 0.15) is 17.0 Å². The Morgan fingerprint density at radius 2 is 2.10 bits per heavy atom. The fraction of sp³-hybridized carbons (Fsp3) is 0.526. The van der Waals surface area contributed by atoms with Crippen LogP contribution in [0.5, 0.6) is 0 Å². The first-order valence-corrected chi connectivity index (χ1v) is 12.1. The highest BCUT2D eigenvalue weighted by Crippen LogP contribution is 2.41. The fourth-order valence-corrected chi connectivity index (χ4v) is 5.12. The van der Waals surface area contributed by atoms with Gasteiger partial charge in [-0.3, -0.25) is 5.10 Å². The highest BCUT2D eigenvalue weighted by Gasteiger charge is 2.36. The molecule has 1 aliphatic heterocycles. The van der Waals surface area contributed by atoms with E-state index in [2.05, 4.69) is 26.4 Å². The van der Waals surface area contributed by atoms with Crippen LogP contribution in [-0.2, 0) is 19.3 Å². The molecule has 8 nitrogen and oxygen atoms in total. The lowest BCUT2D eigenvalue weighted by Crippen LogP contribution is -2.44. The van der Waals surface area contributed by atoms with Crippen LogP contribution in [0.25, 0.3) is 21.6 Å². The predicted octanol–water partition coefficient (Wildman–Crippen LogP) is 2.89. The van der Waals surface area contributed by atoms with Crippen LogP contribution in [0.15, 0.2) is 12.1 Å². The van der Waals surface area contributed by atoms with Crippen LogP contribution in [0, 0.1) is 6.92 Å². The lowest BCUT2D eigenvalue weighted by Gasteiger charge is -2.35. The van der Waals surface area contributed by atoms with E-state index in [-0.39, 0.29) is 6.04 Å². The van der Waals surface area contributed by atoms with Crippen LogP contribution in [0.3, 0.4) is 0 Å². The van der Waals surface area contributed by atoms with Crippen molar-refractivity contribution in [2.45, 2.75) is 38.5 Å². The number of anilines is 1. The van der Waals surface area contributed by atoms with E-state index in [4.69, 9.17) is 9.72 Å². The Morgan fingerprint density at radius 3 is 2.72 bits per heavy atom. The smallest absolute Gasteiger partial charge is 0.156 e. The monoisotopic (exact) mass is 435 g/mol. The van der Waals surface area contributed by atoms with Gasteiger partial charge in [0.15, 0.2) is 9.84 Å². The van der Waals surface area contributed by atoms with Gasteiger partial charge in [-0.15, -0.1) is 0 Å². The van der Waals surface area contributed by atoms with Crippen LogP contribution in [-0.4, -0.2) is 60.0 Å². The van der Waals surface area contributed by atoms with Gasteiger partial charge in [0, 0.05) is 12.8 Å². The van der Waals surface area contributed by atoms with E-state index in [0.29, 0.717) is 31.0 Å². The Hall–Kier alpha value is -2.04. The zero-order valence-electron chi connectivity index (χ0n) is 17.2. The number of rotatable bonds is 4. The third kappa shape index (κ3) is 3.43. The number of aromatic amines is 1. The minimum atomic E-state index is -3.37. The van der Waals surface area contributed by atoms with E-state index in [1.807, 2.05) is 19.1 Å². The van der Waals surface area contributed by atoms with Crippen LogP contribution in [0.2, 0.25) is 0 Å². The molecule has 0 radical (unpaired) electrons. The summed E-state index contributed by atoms with van der Waals surface area (Å²) in [6.07, 6.45) is 1.27. The minimum Gasteiger partial charge on any atom is -0.377 e. The summed E-state index contributed by atoms with van der Waals surface area (Å²) >= 11 is 1.28. The second-order valence-electron chi connectivity index (χ2n) is 8.06. The van der Waals surface area contributed by atoms with E-state index in [1.165, 1.54) is 17.8 Å². The minimum absolute atomic E-state index is 0.146. The first-order valence-electron chi connectivity index (χ1n) is 9.47. The van der Waals surface area contributed by atoms with Crippen molar-refractivity contribution in [3.8, 4) is 11.4 Å². The van der Waals surface area contributed by atoms with Crippen molar-refractivity contribution in [3.05, 3.63) is 23.4 Å². The Kier molecular flexibility index (Phi) is 4.91.